The van der Waals surface area contributed by atoms with Crippen LogP contribution in [0.2, 0.25) is 0 Å². The molecule has 0 aromatic heterocycles. The van der Waals surface area contributed by atoms with E-state index in [0.717, 1.165) is 12.8 Å². The lowest BCUT2D eigenvalue weighted by Crippen LogP contribution is -2.40. The van der Waals surface area contributed by atoms with Crippen molar-refractivity contribution in [3.8, 4) is 0 Å². The number of amides is 1. The molecule has 2 N–H and O–H groups in total. The summed E-state index contributed by atoms with van der Waals surface area (Å²) in [6.45, 7) is 1.74. The summed E-state index contributed by atoms with van der Waals surface area (Å²) in [5.41, 5.74) is 0. The first-order valence-electron chi connectivity index (χ1n) is 5.32. The average molecular weight is 211 g/mol. The van der Waals surface area contributed by atoms with Gasteiger partial charge >= 0.3 is 5.97 Å². The largest absolute Gasteiger partial charge is 0.480 e. The molecule has 0 aromatic carbocycles. The molecule has 2 atom stereocenters. The van der Waals surface area contributed by atoms with Crippen molar-refractivity contribution in [2.24, 2.45) is 5.92 Å². The summed E-state index contributed by atoms with van der Waals surface area (Å²) in [5, 5.41) is 11.3. The number of carboxylic acid groups (broad SMARTS) is 1. The zero-order valence-electron chi connectivity index (χ0n) is 8.90. The van der Waals surface area contributed by atoms with Crippen molar-refractivity contribution in [3.05, 3.63) is 12.2 Å². The number of carboxylic acids is 1. The fraction of sp³-hybridized carbons (Fsp3) is 0.636. The second kappa shape index (κ2) is 5.53. The molecule has 0 saturated carbocycles. The molecule has 0 bridgehead atoms. The molecule has 0 fully saturated rings. The average Bonchev–Trinajstić information content (AvgIpc) is 2.66. The Kier molecular flexibility index (Phi) is 4.34. The minimum Gasteiger partial charge on any atom is -0.480 e. The van der Waals surface area contributed by atoms with Crippen molar-refractivity contribution in [2.45, 2.75) is 38.6 Å². The summed E-state index contributed by atoms with van der Waals surface area (Å²) in [6.07, 6.45) is 6.93. The van der Waals surface area contributed by atoms with Crippen molar-refractivity contribution >= 4 is 11.9 Å². The topological polar surface area (TPSA) is 66.4 Å². The molecule has 1 amide bonds. The number of hydrogen-bond acceptors (Lipinski definition) is 2. The number of carbonyl (C=O) groups excluding carboxylic acids is 1. The quantitative estimate of drug-likeness (QED) is 0.674. The number of allylic oxidation sites excluding steroid dienone is 2. The summed E-state index contributed by atoms with van der Waals surface area (Å²) in [7, 11) is 0. The van der Waals surface area contributed by atoms with E-state index in [1.54, 1.807) is 6.92 Å². The van der Waals surface area contributed by atoms with Crippen LogP contribution in [0.4, 0.5) is 0 Å². The van der Waals surface area contributed by atoms with E-state index in [9.17, 15) is 9.59 Å². The lowest BCUT2D eigenvalue weighted by molar-refractivity contribution is -0.142. The van der Waals surface area contributed by atoms with Crippen molar-refractivity contribution in [1.29, 1.82) is 0 Å². The van der Waals surface area contributed by atoms with Gasteiger partial charge in [0.05, 0.1) is 0 Å². The molecule has 1 unspecified atom stereocenters. The predicted molar refractivity (Wildman–Crippen MR) is 56.3 cm³/mol. The van der Waals surface area contributed by atoms with Crippen molar-refractivity contribution < 1.29 is 14.7 Å². The van der Waals surface area contributed by atoms with Gasteiger partial charge in [0.1, 0.15) is 6.04 Å². The molecule has 1 aliphatic rings. The Hall–Kier alpha value is -1.32. The van der Waals surface area contributed by atoms with Gasteiger partial charge in [-0.15, -0.1) is 0 Å². The van der Waals surface area contributed by atoms with Crippen LogP contribution in [0.1, 0.15) is 32.6 Å². The molecule has 84 valence electrons. The molecule has 1 rings (SSSR count). The Morgan fingerprint density at radius 1 is 1.60 bits per heavy atom. The molecule has 4 nitrogen and oxygen atoms in total. The molecule has 15 heavy (non-hydrogen) atoms. The van der Waals surface area contributed by atoms with Crippen LogP contribution in [-0.4, -0.2) is 23.0 Å². The highest BCUT2D eigenvalue weighted by atomic mass is 16.4. The fourth-order valence-electron chi connectivity index (χ4n) is 1.70. The number of rotatable bonds is 5. The van der Waals surface area contributed by atoms with Gasteiger partial charge in [0.15, 0.2) is 0 Å². The van der Waals surface area contributed by atoms with E-state index in [2.05, 4.69) is 11.4 Å². The summed E-state index contributed by atoms with van der Waals surface area (Å²) in [4.78, 5) is 22.1. The van der Waals surface area contributed by atoms with E-state index in [0.29, 0.717) is 12.8 Å². The van der Waals surface area contributed by atoms with Gasteiger partial charge < -0.3 is 10.4 Å². The van der Waals surface area contributed by atoms with Gasteiger partial charge in [0, 0.05) is 6.42 Å². The van der Waals surface area contributed by atoms with Crippen LogP contribution >= 0.6 is 0 Å². The van der Waals surface area contributed by atoms with Gasteiger partial charge in [-0.25, -0.2) is 4.79 Å². The van der Waals surface area contributed by atoms with Crippen molar-refractivity contribution in [1.82, 2.24) is 5.32 Å². The van der Waals surface area contributed by atoms with Crippen LogP contribution in [0.25, 0.3) is 0 Å². The van der Waals surface area contributed by atoms with Crippen LogP contribution in [0.5, 0.6) is 0 Å². The second-order valence-corrected chi connectivity index (χ2v) is 3.84. The first-order valence-corrected chi connectivity index (χ1v) is 5.32. The summed E-state index contributed by atoms with van der Waals surface area (Å²) in [5.74, 6) is -0.843. The zero-order valence-corrected chi connectivity index (χ0v) is 8.90. The van der Waals surface area contributed by atoms with Crippen LogP contribution < -0.4 is 5.32 Å². The Labute approximate surface area is 89.4 Å². The third-order valence-electron chi connectivity index (χ3n) is 2.60. The summed E-state index contributed by atoms with van der Waals surface area (Å²) in [6, 6.07) is -0.747. The van der Waals surface area contributed by atoms with Gasteiger partial charge in [0.2, 0.25) is 5.91 Å². The molecule has 0 spiro atoms. The van der Waals surface area contributed by atoms with Gasteiger partial charge in [-0.2, -0.15) is 0 Å². The van der Waals surface area contributed by atoms with Crippen LogP contribution in [0, 0.1) is 5.92 Å². The first kappa shape index (κ1) is 11.8. The zero-order chi connectivity index (χ0) is 11.3. The number of aliphatic carboxylic acids is 1. The van der Waals surface area contributed by atoms with E-state index in [-0.39, 0.29) is 11.8 Å². The van der Waals surface area contributed by atoms with Gasteiger partial charge in [-0.3, -0.25) is 4.79 Å². The van der Waals surface area contributed by atoms with Crippen molar-refractivity contribution in [3.63, 3.8) is 0 Å². The summed E-state index contributed by atoms with van der Waals surface area (Å²) < 4.78 is 0. The maximum Gasteiger partial charge on any atom is 0.326 e. The second-order valence-electron chi connectivity index (χ2n) is 3.84. The highest BCUT2D eigenvalue weighted by molar-refractivity contribution is 5.83. The van der Waals surface area contributed by atoms with E-state index < -0.39 is 12.0 Å². The fourth-order valence-corrected chi connectivity index (χ4v) is 1.70. The molecule has 0 aromatic rings. The van der Waals surface area contributed by atoms with Crippen LogP contribution in [0.15, 0.2) is 12.2 Å². The molecule has 0 saturated heterocycles. The van der Waals surface area contributed by atoms with E-state index in [1.807, 2.05) is 6.08 Å². The maximum atomic E-state index is 11.5. The lowest BCUT2D eigenvalue weighted by atomic mass is 10.0. The van der Waals surface area contributed by atoms with Crippen molar-refractivity contribution in [2.75, 3.05) is 0 Å². The van der Waals surface area contributed by atoms with Crippen LogP contribution in [0.3, 0.4) is 0 Å². The van der Waals surface area contributed by atoms with Gasteiger partial charge in [-0.05, 0) is 25.2 Å². The lowest BCUT2D eigenvalue weighted by Gasteiger charge is -2.13. The third kappa shape index (κ3) is 3.73. The van der Waals surface area contributed by atoms with Gasteiger partial charge in [-0.1, -0.05) is 19.1 Å². The minimum absolute atomic E-state index is 0.166. The molecular formula is C11H17NO3. The van der Waals surface area contributed by atoms with Gasteiger partial charge in [0.25, 0.3) is 0 Å². The minimum atomic E-state index is -0.965. The van der Waals surface area contributed by atoms with E-state index in [4.69, 9.17) is 5.11 Å². The van der Waals surface area contributed by atoms with E-state index in [1.165, 1.54) is 0 Å². The smallest absolute Gasteiger partial charge is 0.326 e. The highest BCUT2D eigenvalue weighted by Crippen LogP contribution is 2.20. The normalized spacial score (nSPS) is 21.3. The summed E-state index contributed by atoms with van der Waals surface area (Å²) >= 11 is 0. The molecular weight excluding hydrogens is 194 g/mol. The Balaban J connectivity index is 2.33. The molecule has 0 radical (unpaired) electrons. The molecule has 4 heteroatoms. The highest BCUT2D eigenvalue weighted by Gasteiger charge is 2.20. The maximum absolute atomic E-state index is 11.5. The number of hydrogen-bond donors (Lipinski definition) is 2. The van der Waals surface area contributed by atoms with E-state index >= 15 is 0 Å². The number of nitrogens with one attached hydrogen (secondary N) is 1. The predicted octanol–water partition coefficient (Wildman–Crippen LogP) is 1.32. The molecule has 0 heterocycles. The molecule has 0 aliphatic heterocycles. The number of carbonyl (C=O) groups is 2. The van der Waals surface area contributed by atoms with Crippen LogP contribution in [-0.2, 0) is 9.59 Å². The standard InChI is InChI=1S/C11H17NO3/c1-2-9(11(14)15)12-10(13)7-8-5-3-4-6-8/h3,5,8-9H,2,4,6-7H2,1H3,(H,12,13)(H,14,15)/t8?,9-/m0/s1. The third-order valence-corrected chi connectivity index (χ3v) is 2.60. The first-order chi connectivity index (χ1) is 7.13. The molecule has 1 aliphatic carbocycles. The monoisotopic (exact) mass is 211 g/mol. The Morgan fingerprint density at radius 2 is 2.33 bits per heavy atom. The Bertz CT molecular complexity index is 273. The SMILES string of the molecule is CC[C@H](NC(=O)CC1C=CCC1)C(=O)O. The Morgan fingerprint density at radius 3 is 2.80 bits per heavy atom.